The first kappa shape index (κ1) is 19.3. The van der Waals surface area contributed by atoms with E-state index >= 15 is 0 Å². The first-order valence-corrected chi connectivity index (χ1v) is 8.50. The van der Waals surface area contributed by atoms with Gasteiger partial charge in [-0.3, -0.25) is 4.90 Å². The lowest BCUT2D eigenvalue weighted by Gasteiger charge is -2.26. The van der Waals surface area contributed by atoms with Gasteiger partial charge in [0.25, 0.3) is 0 Å². The van der Waals surface area contributed by atoms with Gasteiger partial charge in [0.15, 0.2) is 0 Å². The lowest BCUT2D eigenvalue weighted by atomic mass is 10.1. The van der Waals surface area contributed by atoms with Crippen LogP contribution >= 0.6 is 0 Å². The molecule has 2 N–H and O–H groups in total. The third-order valence-corrected chi connectivity index (χ3v) is 4.26. The number of morpholine rings is 1. The zero-order valence-electron chi connectivity index (χ0n) is 14.8. The van der Waals surface area contributed by atoms with Crippen molar-refractivity contribution in [3.63, 3.8) is 0 Å². The van der Waals surface area contributed by atoms with Gasteiger partial charge < -0.3 is 15.2 Å². The second kappa shape index (κ2) is 8.05. The lowest BCUT2D eigenvalue weighted by Crippen LogP contribution is -2.39. The van der Waals surface area contributed by atoms with Crippen LogP contribution < -0.4 is 5.32 Å². The molecule has 0 aliphatic carbocycles. The second-order valence-corrected chi connectivity index (χ2v) is 6.18. The van der Waals surface area contributed by atoms with Gasteiger partial charge in [-0.2, -0.15) is 13.2 Å². The number of phenolic OH excluding ortho intramolecular Hbond substituents is 1. The molecule has 0 saturated carbocycles. The van der Waals surface area contributed by atoms with E-state index in [4.69, 9.17) is 4.74 Å². The summed E-state index contributed by atoms with van der Waals surface area (Å²) in [6.45, 7) is 6.32. The molecule has 0 atom stereocenters. The van der Waals surface area contributed by atoms with E-state index in [9.17, 15) is 18.3 Å². The number of nitrogens with zero attached hydrogens (tertiary/aromatic N) is 4. The van der Waals surface area contributed by atoms with Crippen LogP contribution in [0.4, 0.5) is 19.1 Å². The molecule has 1 aromatic carbocycles. The van der Waals surface area contributed by atoms with Crippen LogP contribution in [-0.4, -0.2) is 64.6 Å². The van der Waals surface area contributed by atoms with Crippen LogP contribution in [0.1, 0.15) is 11.3 Å². The van der Waals surface area contributed by atoms with Crippen LogP contribution in [0.25, 0.3) is 11.3 Å². The first-order valence-electron chi connectivity index (χ1n) is 8.50. The van der Waals surface area contributed by atoms with Crippen LogP contribution in [0.5, 0.6) is 5.75 Å². The van der Waals surface area contributed by atoms with Crippen LogP contribution in [0.2, 0.25) is 0 Å². The number of benzene rings is 1. The van der Waals surface area contributed by atoms with Gasteiger partial charge in [-0.1, -0.05) is 0 Å². The molecule has 0 bridgehead atoms. The van der Waals surface area contributed by atoms with E-state index < -0.39 is 17.5 Å². The van der Waals surface area contributed by atoms with E-state index in [1.807, 2.05) is 0 Å². The summed E-state index contributed by atoms with van der Waals surface area (Å²) in [5, 5.41) is 21.0. The molecule has 3 rings (SSSR count). The molecular formula is C17H20F3N5O2. The molecular weight excluding hydrogens is 363 g/mol. The van der Waals surface area contributed by atoms with Crippen LogP contribution in [0, 0.1) is 6.92 Å². The topological polar surface area (TPSA) is 83.4 Å². The van der Waals surface area contributed by atoms with Crippen molar-refractivity contribution in [2.45, 2.75) is 13.1 Å². The molecule has 1 aromatic heterocycles. The summed E-state index contributed by atoms with van der Waals surface area (Å²) in [4.78, 5) is 6.54. The minimum Gasteiger partial charge on any atom is -0.507 e. The zero-order chi connectivity index (χ0) is 19.4. The Balaban J connectivity index is 1.67. The Morgan fingerprint density at radius 3 is 2.59 bits per heavy atom. The Kier molecular flexibility index (Phi) is 5.76. The van der Waals surface area contributed by atoms with Crippen LogP contribution in [-0.2, 0) is 10.9 Å². The number of aryl methyl sites for hydroxylation is 1. The van der Waals surface area contributed by atoms with Crippen molar-refractivity contribution in [3.8, 4) is 17.0 Å². The Hall–Kier alpha value is -2.46. The number of phenols is 1. The fraction of sp³-hybridized carbons (Fsp3) is 0.471. The van der Waals surface area contributed by atoms with E-state index in [0.29, 0.717) is 24.3 Å². The molecule has 27 heavy (non-hydrogen) atoms. The van der Waals surface area contributed by atoms with Gasteiger partial charge in [0.1, 0.15) is 11.4 Å². The number of ether oxygens (including phenoxy) is 1. The Bertz CT molecular complexity index is 795. The highest BCUT2D eigenvalue weighted by Crippen LogP contribution is 2.36. The lowest BCUT2D eigenvalue weighted by molar-refractivity contribution is -0.137. The largest absolute Gasteiger partial charge is 0.507 e. The van der Waals surface area contributed by atoms with E-state index in [1.165, 1.54) is 6.07 Å². The van der Waals surface area contributed by atoms with Crippen molar-refractivity contribution in [2.24, 2.45) is 0 Å². The van der Waals surface area contributed by atoms with Gasteiger partial charge in [-0.05, 0) is 25.1 Å². The fourth-order valence-corrected chi connectivity index (χ4v) is 2.79. The summed E-state index contributed by atoms with van der Waals surface area (Å²) in [5.41, 5.74) is -0.0852. The zero-order valence-corrected chi connectivity index (χ0v) is 14.8. The number of rotatable bonds is 5. The quantitative estimate of drug-likeness (QED) is 0.820. The van der Waals surface area contributed by atoms with E-state index in [1.54, 1.807) is 6.92 Å². The first-order chi connectivity index (χ1) is 12.8. The Labute approximate surface area is 154 Å². The third-order valence-electron chi connectivity index (χ3n) is 4.26. The molecule has 1 fully saturated rings. The number of anilines is 1. The highest BCUT2D eigenvalue weighted by atomic mass is 19.4. The predicted octanol–water partition coefficient (Wildman–Crippen LogP) is 2.32. The fourth-order valence-electron chi connectivity index (χ4n) is 2.79. The van der Waals surface area contributed by atoms with Crippen LogP contribution in [0.15, 0.2) is 18.2 Å². The molecule has 0 spiro atoms. The molecule has 0 unspecified atom stereocenters. The monoisotopic (exact) mass is 383 g/mol. The number of nitrogens with one attached hydrogen (secondary N) is 1. The maximum Gasteiger partial charge on any atom is 0.416 e. The van der Waals surface area contributed by atoms with Crippen molar-refractivity contribution < 1.29 is 23.0 Å². The summed E-state index contributed by atoms with van der Waals surface area (Å²) in [7, 11) is 0. The summed E-state index contributed by atoms with van der Waals surface area (Å²) >= 11 is 0. The van der Waals surface area contributed by atoms with Gasteiger partial charge >= 0.3 is 6.18 Å². The molecule has 7 nitrogen and oxygen atoms in total. The summed E-state index contributed by atoms with van der Waals surface area (Å²) in [5.74, 6) is -0.187. The van der Waals surface area contributed by atoms with Gasteiger partial charge in [-0.25, -0.2) is 4.98 Å². The summed E-state index contributed by atoms with van der Waals surface area (Å²) < 4.78 is 43.4. The molecule has 1 saturated heterocycles. The van der Waals surface area contributed by atoms with Crippen molar-refractivity contribution in [3.05, 3.63) is 29.5 Å². The normalized spacial score (nSPS) is 15.7. The van der Waals surface area contributed by atoms with Crippen molar-refractivity contribution in [1.29, 1.82) is 0 Å². The van der Waals surface area contributed by atoms with Gasteiger partial charge in [0.2, 0.25) is 5.95 Å². The number of hydrogen-bond donors (Lipinski definition) is 2. The highest BCUT2D eigenvalue weighted by Gasteiger charge is 2.31. The third kappa shape index (κ3) is 4.83. The maximum atomic E-state index is 12.7. The molecule has 1 aliphatic rings. The minimum absolute atomic E-state index is 0.153. The van der Waals surface area contributed by atoms with Crippen molar-refractivity contribution in [1.82, 2.24) is 20.1 Å². The molecule has 10 heteroatoms. The SMILES string of the molecule is Cc1nc(NCCN2CCOCC2)nnc1-c1ccc(C(F)(F)F)cc1O. The molecule has 0 radical (unpaired) electrons. The van der Waals surface area contributed by atoms with E-state index in [0.717, 1.165) is 38.9 Å². The molecule has 0 amide bonds. The number of aromatic hydroxyl groups is 1. The molecule has 1 aliphatic heterocycles. The van der Waals surface area contributed by atoms with Crippen molar-refractivity contribution >= 4 is 5.95 Å². The average molecular weight is 383 g/mol. The number of alkyl halides is 3. The summed E-state index contributed by atoms with van der Waals surface area (Å²) in [6, 6.07) is 2.73. The standard InChI is InChI=1S/C17H20F3N5O2/c1-11-15(13-3-2-12(10-14(13)26)17(18,19)20)23-24-16(22-11)21-4-5-25-6-8-27-9-7-25/h2-3,10,26H,4-9H2,1H3,(H,21,22,24). The number of aromatic nitrogens is 3. The smallest absolute Gasteiger partial charge is 0.416 e. The number of halogens is 3. The highest BCUT2D eigenvalue weighted by molar-refractivity contribution is 5.69. The Morgan fingerprint density at radius 2 is 1.96 bits per heavy atom. The van der Waals surface area contributed by atoms with E-state index in [-0.39, 0.29) is 11.3 Å². The Morgan fingerprint density at radius 1 is 1.22 bits per heavy atom. The number of hydrogen-bond acceptors (Lipinski definition) is 7. The predicted molar refractivity (Wildman–Crippen MR) is 92.4 cm³/mol. The molecule has 146 valence electrons. The van der Waals surface area contributed by atoms with Crippen molar-refractivity contribution in [2.75, 3.05) is 44.7 Å². The summed E-state index contributed by atoms with van der Waals surface area (Å²) in [6.07, 6.45) is -4.52. The van der Waals surface area contributed by atoms with Gasteiger partial charge in [0, 0.05) is 31.7 Å². The molecule has 2 heterocycles. The average Bonchev–Trinajstić information content (AvgIpc) is 2.62. The minimum atomic E-state index is -4.52. The van der Waals surface area contributed by atoms with E-state index in [2.05, 4.69) is 25.4 Å². The van der Waals surface area contributed by atoms with Crippen LogP contribution in [0.3, 0.4) is 0 Å². The maximum absolute atomic E-state index is 12.7. The van der Waals surface area contributed by atoms with Gasteiger partial charge in [0.05, 0.1) is 24.5 Å². The van der Waals surface area contributed by atoms with Gasteiger partial charge in [-0.15, -0.1) is 10.2 Å². The second-order valence-electron chi connectivity index (χ2n) is 6.18. The molecule has 2 aromatic rings.